The van der Waals surface area contributed by atoms with Crippen LogP contribution in [0.15, 0.2) is 0 Å². The van der Waals surface area contributed by atoms with E-state index in [1.54, 1.807) is 0 Å². The highest BCUT2D eigenvalue weighted by Gasteiger charge is 2.42. The summed E-state index contributed by atoms with van der Waals surface area (Å²) in [6, 6.07) is 0. The van der Waals surface area contributed by atoms with Crippen LogP contribution in [0.5, 0.6) is 0 Å². The molecule has 1 saturated heterocycles. The van der Waals surface area contributed by atoms with Gasteiger partial charge in [-0.2, -0.15) is 0 Å². The highest BCUT2D eigenvalue weighted by Crippen LogP contribution is 2.27. The first-order valence-corrected chi connectivity index (χ1v) is 6.11. The quantitative estimate of drug-likeness (QED) is 0.653. The van der Waals surface area contributed by atoms with Crippen molar-refractivity contribution in [2.24, 2.45) is 5.92 Å². The Morgan fingerprint density at radius 2 is 2.00 bits per heavy atom. The Kier molecular flexibility index (Phi) is 5.03. The average Bonchev–Trinajstić information content (AvgIpc) is 2.14. The summed E-state index contributed by atoms with van der Waals surface area (Å²) in [5, 5.41) is 10.0. The lowest BCUT2D eigenvalue weighted by Gasteiger charge is -2.49. The van der Waals surface area contributed by atoms with Crippen molar-refractivity contribution in [3.8, 4) is 0 Å². The third-order valence-electron chi connectivity index (χ3n) is 3.26. The normalized spacial score (nSPS) is 20.6. The molecule has 0 aromatic rings. The Balaban J connectivity index is 1.98. The van der Waals surface area contributed by atoms with E-state index in [1.165, 1.54) is 6.42 Å². The van der Waals surface area contributed by atoms with Crippen LogP contribution in [0, 0.1) is 5.92 Å². The Morgan fingerprint density at radius 3 is 2.53 bits per heavy atom. The lowest BCUT2D eigenvalue weighted by atomic mass is 9.83. The molecule has 0 atom stereocenters. The molecular weight excluding hydrogens is 190 g/mol. The molecule has 1 aliphatic rings. The monoisotopic (exact) mass is 215 g/mol. The predicted molar refractivity (Wildman–Crippen MR) is 62.0 cm³/mol. The van der Waals surface area contributed by atoms with Crippen molar-refractivity contribution in [2.75, 3.05) is 32.8 Å². The third kappa shape index (κ3) is 3.74. The van der Waals surface area contributed by atoms with E-state index in [9.17, 15) is 5.11 Å². The Hall–Kier alpha value is -0.120. The van der Waals surface area contributed by atoms with E-state index < -0.39 is 5.60 Å². The summed E-state index contributed by atoms with van der Waals surface area (Å²) in [4.78, 5) is 2.26. The fourth-order valence-corrected chi connectivity index (χ4v) is 1.79. The molecule has 0 bridgehead atoms. The lowest BCUT2D eigenvalue weighted by Crippen LogP contribution is -2.64. The van der Waals surface area contributed by atoms with Gasteiger partial charge in [-0.3, -0.25) is 4.90 Å². The van der Waals surface area contributed by atoms with E-state index in [-0.39, 0.29) is 0 Å². The van der Waals surface area contributed by atoms with Gasteiger partial charge < -0.3 is 9.84 Å². The summed E-state index contributed by atoms with van der Waals surface area (Å²) in [5.74, 6) is 0.356. The molecule has 0 radical (unpaired) electrons. The molecule has 0 aromatic carbocycles. The van der Waals surface area contributed by atoms with Crippen molar-refractivity contribution in [2.45, 2.75) is 39.2 Å². The van der Waals surface area contributed by atoms with Gasteiger partial charge in [0.2, 0.25) is 0 Å². The van der Waals surface area contributed by atoms with E-state index in [0.29, 0.717) is 5.92 Å². The minimum absolute atomic E-state index is 0.356. The zero-order valence-electron chi connectivity index (χ0n) is 10.3. The van der Waals surface area contributed by atoms with Gasteiger partial charge in [0.25, 0.3) is 0 Å². The summed E-state index contributed by atoms with van der Waals surface area (Å²) in [7, 11) is 0. The van der Waals surface area contributed by atoms with Crippen molar-refractivity contribution in [3.05, 3.63) is 0 Å². The van der Waals surface area contributed by atoms with Crippen LogP contribution < -0.4 is 0 Å². The van der Waals surface area contributed by atoms with Gasteiger partial charge >= 0.3 is 0 Å². The molecule has 1 aliphatic heterocycles. The van der Waals surface area contributed by atoms with E-state index in [1.807, 2.05) is 0 Å². The molecule has 3 heteroatoms. The number of likely N-dealkylation sites (tertiary alicyclic amines) is 1. The molecule has 1 rings (SSSR count). The van der Waals surface area contributed by atoms with Gasteiger partial charge in [-0.1, -0.05) is 27.2 Å². The van der Waals surface area contributed by atoms with Crippen LogP contribution >= 0.6 is 0 Å². The SMILES string of the molecule is CCCCOCCN1CC(O)(C(C)C)C1. The van der Waals surface area contributed by atoms with Gasteiger partial charge in [0.1, 0.15) is 0 Å². The highest BCUT2D eigenvalue weighted by molar-refractivity contribution is 4.97. The van der Waals surface area contributed by atoms with Gasteiger partial charge in [-0.25, -0.2) is 0 Å². The molecule has 15 heavy (non-hydrogen) atoms. The van der Waals surface area contributed by atoms with Crippen molar-refractivity contribution in [1.29, 1.82) is 0 Å². The van der Waals surface area contributed by atoms with Crippen LogP contribution in [0.4, 0.5) is 0 Å². The van der Waals surface area contributed by atoms with Crippen LogP contribution in [-0.2, 0) is 4.74 Å². The van der Waals surface area contributed by atoms with Crippen molar-refractivity contribution >= 4 is 0 Å². The summed E-state index contributed by atoms with van der Waals surface area (Å²) in [5.41, 5.74) is -0.441. The van der Waals surface area contributed by atoms with E-state index >= 15 is 0 Å². The number of unbranched alkanes of at least 4 members (excludes halogenated alkanes) is 1. The predicted octanol–water partition coefficient (Wildman–Crippen LogP) is 1.51. The summed E-state index contributed by atoms with van der Waals surface area (Å²) in [6.45, 7) is 10.6. The van der Waals surface area contributed by atoms with Crippen LogP contribution in [0.3, 0.4) is 0 Å². The van der Waals surface area contributed by atoms with Gasteiger partial charge in [-0.05, 0) is 12.3 Å². The number of hydrogen-bond acceptors (Lipinski definition) is 3. The first-order chi connectivity index (χ1) is 7.08. The van der Waals surface area contributed by atoms with Gasteiger partial charge in [0, 0.05) is 26.2 Å². The Bertz CT molecular complexity index is 176. The number of β-amino-alcohol motifs (C(OH)–C–C–N with tert-alkyl or cyclic N) is 1. The van der Waals surface area contributed by atoms with Crippen molar-refractivity contribution in [1.82, 2.24) is 4.90 Å². The zero-order chi connectivity index (χ0) is 11.3. The number of nitrogens with zero attached hydrogens (tertiary/aromatic N) is 1. The maximum atomic E-state index is 10.0. The summed E-state index contributed by atoms with van der Waals surface area (Å²) < 4.78 is 5.49. The largest absolute Gasteiger partial charge is 0.387 e. The molecule has 1 N–H and O–H groups in total. The number of aliphatic hydroxyl groups is 1. The molecule has 1 fully saturated rings. The number of ether oxygens (including phenoxy) is 1. The fourth-order valence-electron chi connectivity index (χ4n) is 1.79. The molecule has 0 unspecified atom stereocenters. The summed E-state index contributed by atoms with van der Waals surface area (Å²) >= 11 is 0. The minimum atomic E-state index is -0.441. The maximum Gasteiger partial charge on any atom is 0.0922 e. The second-order valence-corrected chi connectivity index (χ2v) is 4.93. The molecule has 1 heterocycles. The molecular formula is C12H25NO2. The molecule has 90 valence electrons. The molecule has 0 amide bonds. The smallest absolute Gasteiger partial charge is 0.0922 e. The Labute approximate surface area is 93.4 Å². The van der Waals surface area contributed by atoms with Gasteiger partial charge in [0.15, 0.2) is 0 Å². The van der Waals surface area contributed by atoms with E-state index in [0.717, 1.165) is 39.3 Å². The van der Waals surface area contributed by atoms with Gasteiger partial charge in [-0.15, -0.1) is 0 Å². The number of hydrogen-bond donors (Lipinski definition) is 1. The second kappa shape index (κ2) is 5.83. The molecule has 0 spiro atoms. The molecule has 0 aliphatic carbocycles. The second-order valence-electron chi connectivity index (χ2n) is 4.93. The molecule has 0 aromatic heterocycles. The first kappa shape index (κ1) is 12.9. The Morgan fingerprint density at radius 1 is 1.33 bits per heavy atom. The first-order valence-electron chi connectivity index (χ1n) is 6.11. The van der Waals surface area contributed by atoms with Crippen LogP contribution in [-0.4, -0.2) is 48.5 Å². The topological polar surface area (TPSA) is 32.7 Å². The van der Waals surface area contributed by atoms with Crippen LogP contribution in [0.1, 0.15) is 33.6 Å². The van der Waals surface area contributed by atoms with Gasteiger partial charge in [0.05, 0.1) is 12.2 Å². The zero-order valence-corrected chi connectivity index (χ0v) is 10.3. The number of rotatable bonds is 7. The van der Waals surface area contributed by atoms with E-state index in [4.69, 9.17) is 4.74 Å². The maximum absolute atomic E-state index is 10.0. The molecule has 0 saturated carbocycles. The van der Waals surface area contributed by atoms with Crippen LogP contribution in [0.2, 0.25) is 0 Å². The van der Waals surface area contributed by atoms with E-state index in [2.05, 4.69) is 25.7 Å². The third-order valence-corrected chi connectivity index (χ3v) is 3.26. The lowest BCUT2D eigenvalue weighted by molar-refractivity contribution is -0.131. The molecule has 3 nitrogen and oxygen atoms in total. The van der Waals surface area contributed by atoms with Crippen molar-refractivity contribution < 1.29 is 9.84 Å². The minimum Gasteiger partial charge on any atom is -0.387 e. The van der Waals surface area contributed by atoms with Crippen LogP contribution in [0.25, 0.3) is 0 Å². The standard InChI is InChI=1S/C12H25NO2/c1-4-5-7-15-8-6-13-9-12(14,10-13)11(2)3/h11,14H,4-10H2,1-3H3. The highest BCUT2D eigenvalue weighted by atomic mass is 16.5. The summed E-state index contributed by atoms with van der Waals surface area (Å²) in [6.07, 6.45) is 2.34. The fraction of sp³-hybridized carbons (Fsp3) is 1.00. The van der Waals surface area contributed by atoms with Crippen molar-refractivity contribution in [3.63, 3.8) is 0 Å². The average molecular weight is 215 g/mol.